The third-order valence-corrected chi connectivity index (χ3v) is 3.29. The van der Waals surface area contributed by atoms with Crippen molar-refractivity contribution in [3.05, 3.63) is 22.7 Å². The molecule has 0 aromatic heterocycles. The van der Waals surface area contributed by atoms with Crippen LogP contribution in [0.5, 0.6) is 5.75 Å². The Hall–Kier alpha value is -1.27. The fourth-order valence-electron chi connectivity index (χ4n) is 1.44. The first kappa shape index (κ1) is 15.8. The number of halogens is 1. The van der Waals surface area contributed by atoms with Crippen molar-refractivity contribution in [3.63, 3.8) is 0 Å². The molecule has 5 nitrogen and oxygen atoms in total. The van der Waals surface area contributed by atoms with Crippen LogP contribution in [0.2, 0.25) is 0 Å². The van der Waals surface area contributed by atoms with Crippen LogP contribution in [0.3, 0.4) is 0 Å². The molecule has 6 heteroatoms. The van der Waals surface area contributed by atoms with Crippen LogP contribution >= 0.6 is 15.9 Å². The van der Waals surface area contributed by atoms with Gasteiger partial charge in [-0.15, -0.1) is 0 Å². The first-order valence-corrected chi connectivity index (χ1v) is 6.77. The molecule has 0 aliphatic rings. The number of benzene rings is 1. The number of carbonyl (C=O) groups is 1. The van der Waals surface area contributed by atoms with Gasteiger partial charge in [0.1, 0.15) is 5.75 Å². The molecule has 1 aromatic rings. The Balaban J connectivity index is 2.61. The molecular formula is C13H19BrN2O3. The minimum absolute atomic E-state index is 0.218. The summed E-state index contributed by atoms with van der Waals surface area (Å²) in [4.78, 5) is 13.4. The second-order valence-corrected chi connectivity index (χ2v) is 5.19. The Morgan fingerprint density at radius 3 is 2.84 bits per heavy atom. The zero-order valence-electron chi connectivity index (χ0n) is 11.3. The highest BCUT2D eigenvalue weighted by atomic mass is 79.9. The van der Waals surface area contributed by atoms with E-state index < -0.39 is 6.10 Å². The fraction of sp³-hybridized carbons (Fsp3) is 0.462. The Morgan fingerprint density at radius 2 is 2.26 bits per heavy atom. The predicted molar refractivity (Wildman–Crippen MR) is 78.6 cm³/mol. The molecule has 1 atom stereocenters. The smallest absolute Gasteiger partial charge is 0.321 e. The van der Waals surface area contributed by atoms with Crippen LogP contribution < -0.4 is 10.1 Å². The van der Waals surface area contributed by atoms with E-state index in [4.69, 9.17) is 4.74 Å². The Kier molecular flexibility index (Phi) is 6.11. The summed E-state index contributed by atoms with van der Waals surface area (Å²) in [6.07, 6.45) is 0.135. The first-order valence-electron chi connectivity index (χ1n) is 5.97. The number of nitrogens with one attached hydrogen (secondary N) is 1. The van der Waals surface area contributed by atoms with Gasteiger partial charge in [-0.2, -0.15) is 0 Å². The Morgan fingerprint density at radius 1 is 1.58 bits per heavy atom. The van der Waals surface area contributed by atoms with E-state index >= 15 is 0 Å². The number of amides is 2. The summed E-state index contributed by atoms with van der Waals surface area (Å²) >= 11 is 3.35. The number of aliphatic hydroxyl groups is 1. The van der Waals surface area contributed by atoms with Gasteiger partial charge in [0.05, 0.1) is 17.7 Å². The first-order chi connectivity index (χ1) is 8.93. The molecule has 106 valence electrons. The summed E-state index contributed by atoms with van der Waals surface area (Å²) < 4.78 is 5.99. The van der Waals surface area contributed by atoms with Crippen molar-refractivity contribution < 1.29 is 14.6 Å². The molecule has 0 aliphatic heterocycles. The van der Waals surface area contributed by atoms with Gasteiger partial charge in [-0.05, 0) is 41.4 Å². The minimum Gasteiger partial charge on any atom is -0.495 e. The molecule has 0 bridgehead atoms. The Bertz CT molecular complexity index is 438. The standard InChI is InChI=1S/C13H19BrN2O3/c1-9(17)6-7-16(2)13(18)15-10-4-5-11(14)12(8-10)19-3/h4-5,8-9,17H,6-7H2,1-3H3,(H,15,18). The highest BCUT2D eigenvalue weighted by molar-refractivity contribution is 9.10. The lowest BCUT2D eigenvalue weighted by Gasteiger charge is -2.19. The molecule has 1 unspecified atom stereocenters. The highest BCUT2D eigenvalue weighted by Gasteiger charge is 2.10. The summed E-state index contributed by atoms with van der Waals surface area (Å²) in [5.74, 6) is 0.657. The molecule has 1 rings (SSSR count). The Labute approximate surface area is 121 Å². The maximum absolute atomic E-state index is 11.9. The summed E-state index contributed by atoms with van der Waals surface area (Å²) in [5.41, 5.74) is 0.661. The molecular weight excluding hydrogens is 312 g/mol. The van der Waals surface area contributed by atoms with Crippen molar-refractivity contribution in [2.45, 2.75) is 19.4 Å². The number of hydrogen-bond acceptors (Lipinski definition) is 3. The zero-order chi connectivity index (χ0) is 14.4. The average Bonchev–Trinajstić information content (AvgIpc) is 2.37. The van der Waals surface area contributed by atoms with Crippen LogP contribution in [0.1, 0.15) is 13.3 Å². The van der Waals surface area contributed by atoms with E-state index in [-0.39, 0.29) is 6.03 Å². The molecule has 2 amide bonds. The maximum atomic E-state index is 11.9. The third kappa shape index (κ3) is 5.08. The quantitative estimate of drug-likeness (QED) is 0.872. The number of anilines is 1. The van der Waals surface area contributed by atoms with Gasteiger partial charge < -0.3 is 20.1 Å². The number of carbonyl (C=O) groups excluding carboxylic acids is 1. The largest absolute Gasteiger partial charge is 0.495 e. The van der Waals surface area contributed by atoms with E-state index in [1.807, 2.05) is 6.07 Å². The number of aliphatic hydroxyl groups excluding tert-OH is 1. The highest BCUT2D eigenvalue weighted by Crippen LogP contribution is 2.27. The molecule has 2 N–H and O–H groups in total. The molecule has 19 heavy (non-hydrogen) atoms. The van der Waals surface area contributed by atoms with Gasteiger partial charge in [-0.25, -0.2) is 4.79 Å². The molecule has 0 radical (unpaired) electrons. The van der Waals surface area contributed by atoms with Gasteiger partial charge in [0.15, 0.2) is 0 Å². The van der Waals surface area contributed by atoms with E-state index in [0.29, 0.717) is 24.4 Å². The van der Waals surface area contributed by atoms with Gasteiger partial charge in [-0.1, -0.05) is 0 Å². The van der Waals surface area contributed by atoms with Crippen LogP contribution in [-0.4, -0.2) is 42.8 Å². The van der Waals surface area contributed by atoms with E-state index in [1.54, 1.807) is 33.2 Å². The second-order valence-electron chi connectivity index (χ2n) is 4.34. The van der Waals surface area contributed by atoms with Crippen LogP contribution in [0.15, 0.2) is 22.7 Å². The summed E-state index contributed by atoms with van der Waals surface area (Å²) in [6.45, 7) is 2.20. The molecule has 0 spiro atoms. The van der Waals surface area contributed by atoms with Gasteiger partial charge in [-0.3, -0.25) is 0 Å². The molecule has 1 aromatic carbocycles. The molecule has 0 saturated carbocycles. The lowest BCUT2D eigenvalue weighted by Crippen LogP contribution is -2.33. The van der Waals surface area contributed by atoms with E-state index in [9.17, 15) is 9.90 Å². The van der Waals surface area contributed by atoms with Crippen LogP contribution in [0.25, 0.3) is 0 Å². The maximum Gasteiger partial charge on any atom is 0.321 e. The van der Waals surface area contributed by atoms with Crippen LogP contribution in [0.4, 0.5) is 10.5 Å². The van der Waals surface area contributed by atoms with Crippen LogP contribution in [0, 0.1) is 0 Å². The second kappa shape index (κ2) is 7.35. The number of urea groups is 1. The normalized spacial score (nSPS) is 11.8. The van der Waals surface area contributed by atoms with Crippen molar-refractivity contribution in [1.29, 1.82) is 0 Å². The molecule has 0 aliphatic carbocycles. The number of methoxy groups -OCH3 is 1. The SMILES string of the molecule is COc1cc(NC(=O)N(C)CCC(C)O)ccc1Br. The summed E-state index contributed by atoms with van der Waals surface area (Å²) in [5, 5.41) is 12.0. The number of hydrogen-bond donors (Lipinski definition) is 2. The van der Waals surface area contributed by atoms with E-state index in [1.165, 1.54) is 4.90 Å². The zero-order valence-corrected chi connectivity index (χ0v) is 12.9. The van der Waals surface area contributed by atoms with Crippen molar-refractivity contribution >= 4 is 27.6 Å². The van der Waals surface area contributed by atoms with Gasteiger partial charge >= 0.3 is 6.03 Å². The minimum atomic E-state index is -0.414. The molecule has 0 fully saturated rings. The van der Waals surface area contributed by atoms with Gasteiger partial charge in [0.2, 0.25) is 0 Å². The number of nitrogens with zero attached hydrogens (tertiary/aromatic N) is 1. The van der Waals surface area contributed by atoms with Gasteiger partial charge in [0.25, 0.3) is 0 Å². The lowest BCUT2D eigenvalue weighted by atomic mass is 10.3. The number of rotatable bonds is 5. The number of ether oxygens (including phenoxy) is 1. The predicted octanol–water partition coefficient (Wildman–Crippen LogP) is 2.69. The van der Waals surface area contributed by atoms with Crippen molar-refractivity contribution in [2.24, 2.45) is 0 Å². The van der Waals surface area contributed by atoms with Crippen molar-refractivity contribution in [2.75, 3.05) is 26.0 Å². The molecule has 0 saturated heterocycles. The van der Waals surface area contributed by atoms with E-state index in [0.717, 1.165) is 4.47 Å². The van der Waals surface area contributed by atoms with Crippen LogP contribution in [-0.2, 0) is 0 Å². The summed E-state index contributed by atoms with van der Waals surface area (Å²) in [7, 11) is 3.26. The summed E-state index contributed by atoms with van der Waals surface area (Å²) in [6, 6.07) is 5.12. The molecule has 0 heterocycles. The lowest BCUT2D eigenvalue weighted by molar-refractivity contribution is 0.167. The average molecular weight is 331 g/mol. The van der Waals surface area contributed by atoms with Crippen molar-refractivity contribution in [1.82, 2.24) is 4.90 Å². The fourth-order valence-corrected chi connectivity index (χ4v) is 1.85. The third-order valence-electron chi connectivity index (χ3n) is 2.63. The van der Waals surface area contributed by atoms with E-state index in [2.05, 4.69) is 21.2 Å². The monoisotopic (exact) mass is 330 g/mol. The van der Waals surface area contributed by atoms with Crippen molar-refractivity contribution in [3.8, 4) is 5.75 Å². The topological polar surface area (TPSA) is 61.8 Å². The van der Waals surface area contributed by atoms with Gasteiger partial charge in [0, 0.05) is 25.3 Å².